The van der Waals surface area contributed by atoms with E-state index in [-0.39, 0.29) is 11.4 Å². The standard InChI is InChI=1S/C22H20ClF2N3O3/c1-30-15-6-3-13(4-7-15)14-5-8-18-16(9-14)17(20(26)29)10-19(27-18)28-12-21(24,25)11-22(28,23)31-2/h3-10H,11-12H2,1-2H3,(H2,26,29). The minimum atomic E-state index is -3.07. The van der Waals surface area contributed by atoms with Crippen molar-refractivity contribution in [2.75, 3.05) is 25.7 Å². The van der Waals surface area contributed by atoms with E-state index in [1.54, 1.807) is 19.2 Å². The van der Waals surface area contributed by atoms with Crippen LogP contribution < -0.4 is 15.4 Å². The molecule has 1 amide bonds. The molecule has 0 saturated carbocycles. The smallest absolute Gasteiger partial charge is 0.271 e. The number of methoxy groups -OCH3 is 2. The predicted molar refractivity (Wildman–Crippen MR) is 115 cm³/mol. The number of halogens is 3. The number of anilines is 1. The van der Waals surface area contributed by atoms with E-state index in [1.165, 1.54) is 13.2 Å². The number of hydrogen-bond donors (Lipinski definition) is 1. The minimum absolute atomic E-state index is 0.0903. The third-order valence-corrected chi connectivity index (χ3v) is 5.83. The van der Waals surface area contributed by atoms with Gasteiger partial charge < -0.3 is 20.1 Å². The van der Waals surface area contributed by atoms with Crippen LogP contribution in [-0.4, -0.2) is 42.8 Å². The molecule has 6 nitrogen and oxygen atoms in total. The van der Waals surface area contributed by atoms with Crippen LogP contribution in [0.25, 0.3) is 22.0 Å². The van der Waals surface area contributed by atoms with Gasteiger partial charge in [0.15, 0.2) is 0 Å². The van der Waals surface area contributed by atoms with Crippen LogP contribution in [-0.2, 0) is 4.74 Å². The third-order valence-electron chi connectivity index (χ3n) is 5.34. The molecule has 4 rings (SSSR count). The maximum Gasteiger partial charge on any atom is 0.271 e. The number of amides is 1. The molecule has 1 fully saturated rings. The van der Waals surface area contributed by atoms with Crippen LogP contribution in [0.2, 0.25) is 0 Å². The first-order valence-electron chi connectivity index (χ1n) is 9.44. The number of benzene rings is 2. The van der Waals surface area contributed by atoms with Gasteiger partial charge in [0.2, 0.25) is 11.1 Å². The molecular weight excluding hydrogens is 428 g/mol. The minimum Gasteiger partial charge on any atom is -0.497 e. The number of rotatable bonds is 5. The van der Waals surface area contributed by atoms with Gasteiger partial charge in [-0.15, -0.1) is 0 Å². The van der Waals surface area contributed by atoms with E-state index in [1.807, 2.05) is 30.3 Å². The molecule has 1 aliphatic rings. The van der Waals surface area contributed by atoms with Crippen molar-refractivity contribution in [2.45, 2.75) is 17.5 Å². The van der Waals surface area contributed by atoms with Crippen LogP contribution in [0, 0.1) is 0 Å². The fourth-order valence-electron chi connectivity index (χ4n) is 3.77. The summed E-state index contributed by atoms with van der Waals surface area (Å²) in [6.07, 6.45) is -0.708. The molecule has 1 atom stereocenters. The predicted octanol–water partition coefficient (Wildman–Crippen LogP) is 4.39. The lowest BCUT2D eigenvalue weighted by molar-refractivity contribution is -0.0132. The third kappa shape index (κ3) is 3.88. The number of ether oxygens (including phenoxy) is 2. The molecule has 0 aliphatic carbocycles. The Bertz CT molecular complexity index is 1160. The van der Waals surface area contributed by atoms with E-state index >= 15 is 0 Å². The van der Waals surface area contributed by atoms with Crippen LogP contribution in [0.3, 0.4) is 0 Å². The van der Waals surface area contributed by atoms with Crippen molar-refractivity contribution in [3.8, 4) is 16.9 Å². The van der Waals surface area contributed by atoms with Crippen molar-refractivity contribution in [1.82, 2.24) is 4.98 Å². The number of fused-ring (bicyclic) bond motifs is 1. The van der Waals surface area contributed by atoms with Gasteiger partial charge in [0, 0.05) is 12.5 Å². The average molecular weight is 448 g/mol. The highest BCUT2D eigenvalue weighted by Crippen LogP contribution is 2.45. The molecule has 1 aromatic heterocycles. The summed E-state index contributed by atoms with van der Waals surface area (Å²) in [4.78, 5) is 17.8. The highest BCUT2D eigenvalue weighted by atomic mass is 35.5. The second kappa shape index (κ2) is 7.62. The lowest BCUT2D eigenvalue weighted by Gasteiger charge is -2.31. The number of primary amides is 1. The number of nitrogens with zero attached hydrogens (tertiary/aromatic N) is 2. The first-order chi connectivity index (χ1) is 14.7. The van der Waals surface area contributed by atoms with Crippen LogP contribution in [0.1, 0.15) is 16.8 Å². The maximum absolute atomic E-state index is 14.1. The van der Waals surface area contributed by atoms with Crippen molar-refractivity contribution in [3.05, 3.63) is 54.1 Å². The normalized spacial score (nSPS) is 20.2. The van der Waals surface area contributed by atoms with Gasteiger partial charge >= 0.3 is 0 Å². The molecular formula is C22H20ClF2N3O3. The number of alkyl halides is 3. The topological polar surface area (TPSA) is 77.7 Å². The van der Waals surface area contributed by atoms with Gasteiger partial charge in [-0.2, -0.15) is 0 Å². The molecule has 1 unspecified atom stereocenters. The summed E-state index contributed by atoms with van der Waals surface area (Å²) in [5.41, 5.74) is 7.93. The van der Waals surface area contributed by atoms with Crippen molar-refractivity contribution >= 4 is 34.2 Å². The largest absolute Gasteiger partial charge is 0.497 e. The van der Waals surface area contributed by atoms with Gasteiger partial charge in [-0.05, 0) is 41.5 Å². The number of carbonyl (C=O) groups is 1. The van der Waals surface area contributed by atoms with Gasteiger partial charge in [-0.3, -0.25) is 4.79 Å². The van der Waals surface area contributed by atoms with Gasteiger partial charge in [0.25, 0.3) is 5.92 Å². The molecule has 3 aromatic rings. The molecule has 0 radical (unpaired) electrons. The Morgan fingerprint density at radius 2 is 1.81 bits per heavy atom. The zero-order valence-corrected chi connectivity index (χ0v) is 17.6. The molecule has 2 N–H and O–H groups in total. The van der Waals surface area contributed by atoms with Crippen LogP contribution in [0.4, 0.5) is 14.6 Å². The van der Waals surface area contributed by atoms with E-state index in [9.17, 15) is 13.6 Å². The molecule has 162 valence electrons. The first-order valence-corrected chi connectivity index (χ1v) is 9.82. The summed E-state index contributed by atoms with van der Waals surface area (Å²) in [7, 11) is 2.83. The fraction of sp³-hybridized carbons (Fsp3) is 0.273. The molecule has 2 heterocycles. The van der Waals surface area contributed by atoms with E-state index in [4.69, 9.17) is 26.8 Å². The summed E-state index contributed by atoms with van der Waals surface area (Å²) >= 11 is 6.31. The second-order valence-electron chi connectivity index (χ2n) is 7.36. The van der Waals surface area contributed by atoms with Crippen molar-refractivity contribution in [2.24, 2.45) is 5.73 Å². The number of aromatic nitrogens is 1. The molecule has 0 bridgehead atoms. The number of carbonyl (C=O) groups excluding carboxylic acids is 1. The second-order valence-corrected chi connectivity index (χ2v) is 7.96. The van der Waals surface area contributed by atoms with E-state index in [2.05, 4.69) is 4.98 Å². The zero-order valence-electron chi connectivity index (χ0n) is 16.9. The fourth-order valence-corrected chi connectivity index (χ4v) is 4.11. The Kier molecular flexibility index (Phi) is 5.23. The van der Waals surface area contributed by atoms with E-state index in [0.717, 1.165) is 21.8 Å². The maximum atomic E-state index is 14.1. The van der Waals surface area contributed by atoms with Gasteiger partial charge in [-0.25, -0.2) is 13.8 Å². The highest BCUT2D eigenvalue weighted by Gasteiger charge is 2.55. The van der Waals surface area contributed by atoms with Crippen LogP contribution in [0.15, 0.2) is 48.5 Å². The summed E-state index contributed by atoms with van der Waals surface area (Å²) in [5.74, 6) is -2.96. The van der Waals surface area contributed by atoms with Gasteiger partial charge in [0.05, 0.1) is 31.2 Å². The number of nitrogens with two attached hydrogens (primary N) is 1. The quantitative estimate of drug-likeness (QED) is 0.463. The Labute approximate surface area is 182 Å². The lowest BCUT2D eigenvalue weighted by Crippen LogP contribution is -2.41. The average Bonchev–Trinajstić information content (AvgIpc) is 3.01. The SMILES string of the molecule is COc1ccc(-c2ccc3nc(N4CC(F)(F)CC4(Cl)OC)cc(C(N)=O)c3c2)cc1. The Morgan fingerprint density at radius 1 is 1.13 bits per heavy atom. The van der Waals surface area contributed by atoms with Crippen molar-refractivity contribution < 1.29 is 23.0 Å². The molecule has 1 aliphatic heterocycles. The lowest BCUT2D eigenvalue weighted by atomic mass is 10.0. The monoisotopic (exact) mass is 447 g/mol. The van der Waals surface area contributed by atoms with E-state index < -0.39 is 30.0 Å². The summed E-state index contributed by atoms with van der Waals surface area (Å²) in [6.45, 7) is -0.690. The number of pyridine rings is 1. The Hall–Kier alpha value is -2.97. The van der Waals surface area contributed by atoms with Crippen LogP contribution >= 0.6 is 11.6 Å². The van der Waals surface area contributed by atoms with Crippen molar-refractivity contribution in [3.63, 3.8) is 0 Å². The summed E-state index contributed by atoms with van der Waals surface area (Å²) < 4.78 is 38.5. The molecule has 9 heteroatoms. The Balaban J connectivity index is 1.83. The van der Waals surface area contributed by atoms with Crippen LogP contribution in [0.5, 0.6) is 5.75 Å². The molecule has 2 aromatic carbocycles. The van der Waals surface area contributed by atoms with Gasteiger partial charge in [0.1, 0.15) is 11.6 Å². The molecule has 1 saturated heterocycles. The summed E-state index contributed by atoms with van der Waals surface area (Å²) in [6, 6.07) is 14.1. The summed E-state index contributed by atoms with van der Waals surface area (Å²) in [5, 5.41) is -1.27. The van der Waals surface area contributed by atoms with Gasteiger partial charge in [-0.1, -0.05) is 29.8 Å². The molecule has 31 heavy (non-hydrogen) atoms. The Morgan fingerprint density at radius 3 is 2.42 bits per heavy atom. The van der Waals surface area contributed by atoms with Crippen molar-refractivity contribution in [1.29, 1.82) is 0 Å². The highest BCUT2D eigenvalue weighted by molar-refractivity contribution is 6.24. The first kappa shape index (κ1) is 21.3. The molecule has 0 spiro atoms. The number of hydrogen-bond acceptors (Lipinski definition) is 5. The zero-order chi connectivity index (χ0) is 22.4. The van der Waals surface area contributed by atoms with E-state index in [0.29, 0.717) is 10.9 Å².